The van der Waals surface area contributed by atoms with Gasteiger partial charge in [-0.1, -0.05) is 66.7 Å². The van der Waals surface area contributed by atoms with Crippen LogP contribution in [0.15, 0.2) is 77.8 Å². The second-order valence-corrected chi connectivity index (χ2v) is 8.20. The fourth-order valence-corrected chi connectivity index (χ4v) is 5.59. The number of benzene rings is 3. The molecule has 0 aromatic heterocycles. The van der Waals surface area contributed by atoms with Crippen LogP contribution in [0.4, 0.5) is 5.69 Å². The summed E-state index contributed by atoms with van der Waals surface area (Å²) in [5.74, 6) is 0.514. The van der Waals surface area contributed by atoms with Crippen LogP contribution in [0, 0.1) is 11.3 Å². The molecule has 3 aliphatic rings. The average Bonchev–Trinajstić information content (AvgIpc) is 3.19. The van der Waals surface area contributed by atoms with Crippen molar-refractivity contribution in [3.05, 3.63) is 101 Å². The van der Waals surface area contributed by atoms with Crippen molar-refractivity contribution < 1.29 is 0 Å². The highest BCUT2D eigenvalue weighted by Gasteiger charge is 2.49. The minimum Gasteiger partial charge on any atom is -0.252 e. The van der Waals surface area contributed by atoms with E-state index in [1.807, 2.05) is 0 Å². The zero-order valence-corrected chi connectivity index (χ0v) is 14.8. The second-order valence-electron chi connectivity index (χ2n) is 8.20. The van der Waals surface area contributed by atoms with Crippen LogP contribution in [0.1, 0.15) is 27.8 Å². The van der Waals surface area contributed by atoms with E-state index >= 15 is 0 Å². The first-order valence-electron chi connectivity index (χ1n) is 9.64. The normalized spacial score (nSPS) is 21.4. The van der Waals surface area contributed by atoms with Gasteiger partial charge in [0.25, 0.3) is 0 Å². The predicted molar refractivity (Wildman–Crippen MR) is 106 cm³/mol. The molecule has 0 bridgehead atoms. The van der Waals surface area contributed by atoms with Crippen molar-refractivity contribution in [1.82, 2.24) is 0 Å². The number of rotatable bonds is 0. The topological polar surface area (TPSA) is 12.4 Å². The van der Waals surface area contributed by atoms with Crippen LogP contribution < -0.4 is 0 Å². The molecule has 0 amide bonds. The quantitative estimate of drug-likeness (QED) is 0.527. The Bertz CT molecular complexity index is 1030. The maximum atomic E-state index is 5.24. The van der Waals surface area contributed by atoms with E-state index in [1.54, 1.807) is 11.1 Å². The van der Waals surface area contributed by atoms with Crippen molar-refractivity contribution >= 4 is 11.4 Å². The summed E-state index contributed by atoms with van der Waals surface area (Å²) >= 11 is 0. The Kier molecular flexibility index (Phi) is 2.88. The molecule has 0 saturated heterocycles. The number of nitrogens with zero attached hydrogens (tertiary/aromatic N) is 1. The van der Waals surface area contributed by atoms with Crippen molar-refractivity contribution in [3.8, 4) is 0 Å². The zero-order valence-electron chi connectivity index (χ0n) is 14.8. The standard InChI is InChI=1S/C25H21N/c1-2-9-19-15-25(14-18(19)8-1)16-20-10-4-6-12-23(20)26-24-21-11-5-3-7-17(21)13-22(24)25/h1-12,22H,13-16H2. The Morgan fingerprint density at radius 3 is 2.00 bits per heavy atom. The van der Waals surface area contributed by atoms with Gasteiger partial charge in [-0.2, -0.15) is 0 Å². The zero-order chi connectivity index (χ0) is 17.1. The molecule has 1 heterocycles. The smallest absolute Gasteiger partial charge is 0.0665 e. The van der Waals surface area contributed by atoms with Gasteiger partial charge in [0.1, 0.15) is 0 Å². The third-order valence-corrected chi connectivity index (χ3v) is 6.77. The summed E-state index contributed by atoms with van der Waals surface area (Å²) in [5.41, 5.74) is 10.1. The largest absolute Gasteiger partial charge is 0.252 e. The lowest BCUT2D eigenvalue weighted by molar-refractivity contribution is 0.231. The summed E-state index contributed by atoms with van der Waals surface area (Å²) < 4.78 is 0. The molecule has 6 rings (SSSR count). The number of fused-ring (bicyclic) bond motifs is 6. The van der Waals surface area contributed by atoms with Gasteiger partial charge in [-0.25, -0.2) is 0 Å². The molecule has 1 nitrogen and oxygen atoms in total. The molecule has 1 aliphatic heterocycles. The van der Waals surface area contributed by atoms with Crippen LogP contribution >= 0.6 is 0 Å². The van der Waals surface area contributed by atoms with Gasteiger partial charge < -0.3 is 0 Å². The Labute approximate surface area is 154 Å². The van der Waals surface area contributed by atoms with Gasteiger partial charge in [-0.3, -0.25) is 4.99 Å². The lowest BCUT2D eigenvalue weighted by atomic mass is 9.67. The van der Waals surface area contributed by atoms with Gasteiger partial charge in [0, 0.05) is 5.92 Å². The molecule has 2 aliphatic carbocycles. The summed E-state index contributed by atoms with van der Waals surface area (Å²) in [4.78, 5) is 5.24. The number of hydrogen-bond acceptors (Lipinski definition) is 1. The molecular formula is C25H21N. The van der Waals surface area contributed by atoms with E-state index in [9.17, 15) is 0 Å². The fraction of sp³-hybridized carbons (Fsp3) is 0.240. The molecule has 1 atom stereocenters. The molecule has 126 valence electrons. The Balaban J connectivity index is 1.58. The van der Waals surface area contributed by atoms with Gasteiger partial charge in [0.05, 0.1) is 11.4 Å². The third kappa shape index (κ3) is 1.94. The summed E-state index contributed by atoms with van der Waals surface area (Å²) in [6.45, 7) is 0. The van der Waals surface area contributed by atoms with Crippen LogP contribution in [-0.4, -0.2) is 5.71 Å². The summed E-state index contributed by atoms with van der Waals surface area (Å²) in [5, 5.41) is 0. The van der Waals surface area contributed by atoms with Crippen molar-refractivity contribution in [2.24, 2.45) is 16.3 Å². The second kappa shape index (κ2) is 5.17. The van der Waals surface area contributed by atoms with Crippen molar-refractivity contribution in [2.75, 3.05) is 0 Å². The monoisotopic (exact) mass is 335 g/mol. The van der Waals surface area contributed by atoms with E-state index in [-0.39, 0.29) is 5.41 Å². The van der Waals surface area contributed by atoms with Gasteiger partial charge >= 0.3 is 0 Å². The molecular weight excluding hydrogens is 314 g/mol. The molecule has 0 radical (unpaired) electrons. The van der Waals surface area contributed by atoms with Crippen molar-refractivity contribution in [3.63, 3.8) is 0 Å². The first-order valence-corrected chi connectivity index (χ1v) is 9.64. The summed E-state index contributed by atoms with van der Waals surface area (Å²) in [6.07, 6.45) is 4.62. The first kappa shape index (κ1) is 14.5. The number of para-hydroxylation sites is 1. The first-order chi connectivity index (χ1) is 12.8. The van der Waals surface area contributed by atoms with Gasteiger partial charge in [-0.15, -0.1) is 0 Å². The highest BCUT2D eigenvalue weighted by Crippen LogP contribution is 2.52. The van der Waals surface area contributed by atoms with E-state index in [4.69, 9.17) is 4.99 Å². The predicted octanol–water partition coefficient (Wildman–Crippen LogP) is 5.32. The highest BCUT2D eigenvalue weighted by molar-refractivity contribution is 6.08. The molecule has 0 N–H and O–H groups in total. The molecule has 0 fully saturated rings. The molecule has 3 aromatic rings. The van der Waals surface area contributed by atoms with Crippen LogP contribution in [-0.2, 0) is 25.7 Å². The highest BCUT2D eigenvalue weighted by atomic mass is 14.8. The Morgan fingerprint density at radius 1 is 0.654 bits per heavy atom. The molecule has 1 spiro atoms. The van der Waals surface area contributed by atoms with Crippen LogP contribution in [0.2, 0.25) is 0 Å². The third-order valence-electron chi connectivity index (χ3n) is 6.77. The van der Waals surface area contributed by atoms with Crippen LogP contribution in [0.5, 0.6) is 0 Å². The molecule has 1 unspecified atom stereocenters. The minimum absolute atomic E-state index is 0.258. The SMILES string of the molecule is c1ccc2c(c1)CC1(C2)Cc2ccccc2N=C2c3ccccc3CC21. The van der Waals surface area contributed by atoms with E-state index in [0.717, 1.165) is 12.8 Å². The Hall–Kier alpha value is -2.67. The van der Waals surface area contributed by atoms with Gasteiger partial charge in [-0.05, 0) is 65.0 Å². The summed E-state index contributed by atoms with van der Waals surface area (Å²) in [7, 11) is 0. The maximum absolute atomic E-state index is 5.24. The molecule has 1 heteroatoms. The minimum atomic E-state index is 0.258. The Morgan fingerprint density at radius 2 is 1.23 bits per heavy atom. The lowest BCUT2D eigenvalue weighted by Crippen LogP contribution is -2.37. The van der Waals surface area contributed by atoms with Gasteiger partial charge in [0.15, 0.2) is 0 Å². The number of hydrogen-bond donors (Lipinski definition) is 0. The van der Waals surface area contributed by atoms with Crippen molar-refractivity contribution in [2.45, 2.75) is 25.7 Å². The lowest BCUT2D eigenvalue weighted by Gasteiger charge is -2.35. The molecule has 0 saturated carbocycles. The average molecular weight is 335 g/mol. The van der Waals surface area contributed by atoms with E-state index in [1.165, 1.54) is 40.9 Å². The van der Waals surface area contributed by atoms with E-state index in [2.05, 4.69) is 72.8 Å². The number of aliphatic imine (C=N–C) groups is 1. The van der Waals surface area contributed by atoms with E-state index < -0.39 is 0 Å². The van der Waals surface area contributed by atoms with Gasteiger partial charge in [0.2, 0.25) is 0 Å². The van der Waals surface area contributed by atoms with Crippen LogP contribution in [0.25, 0.3) is 0 Å². The van der Waals surface area contributed by atoms with E-state index in [0.29, 0.717) is 5.92 Å². The maximum Gasteiger partial charge on any atom is 0.0665 e. The summed E-state index contributed by atoms with van der Waals surface area (Å²) in [6, 6.07) is 26.8. The fourth-order valence-electron chi connectivity index (χ4n) is 5.59. The molecule has 26 heavy (non-hydrogen) atoms. The van der Waals surface area contributed by atoms with Crippen LogP contribution in [0.3, 0.4) is 0 Å². The molecule has 3 aromatic carbocycles. The van der Waals surface area contributed by atoms with Crippen molar-refractivity contribution in [1.29, 1.82) is 0 Å².